The Bertz CT molecular complexity index is 958. The summed E-state index contributed by atoms with van der Waals surface area (Å²) in [6.07, 6.45) is 4.54. The molecule has 3 saturated carbocycles. The predicted molar refractivity (Wildman–Crippen MR) is 122 cm³/mol. The maximum Gasteiger partial charge on any atom is 0.309 e. The summed E-state index contributed by atoms with van der Waals surface area (Å²) in [6, 6.07) is 0. The smallest absolute Gasteiger partial charge is 0.309 e. The summed E-state index contributed by atoms with van der Waals surface area (Å²) in [6.45, 7) is 8.89. The molecule has 0 aliphatic heterocycles. The molecule has 4 aliphatic carbocycles. The van der Waals surface area contributed by atoms with E-state index in [-0.39, 0.29) is 35.7 Å². The summed E-state index contributed by atoms with van der Waals surface area (Å²) < 4.78 is 23.3. The molecule has 8 atom stereocenters. The minimum atomic E-state index is -2.00. The van der Waals surface area contributed by atoms with E-state index in [9.17, 15) is 19.5 Å². The lowest BCUT2D eigenvalue weighted by atomic mass is 9.44. The summed E-state index contributed by atoms with van der Waals surface area (Å²) in [5.74, 6) is -3.04. The van der Waals surface area contributed by atoms with Crippen LogP contribution < -0.4 is 0 Å². The van der Waals surface area contributed by atoms with Crippen LogP contribution in [0.25, 0.3) is 0 Å². The number of ketones is 2. The van der Waals surface area contributed by atoms with Crippen LogP contribution in [-0.2, 0) is 19.1 Å². The summed E-state index contributed by atoms with van der Waals surface area (Å²) >= 11 is 6.05. The van der Waals surface area contributed by atoms with Gasteiger partial charge in [0, 0.05) is 22.7 Å². The van der Waals surface area contributed by atoms with Crippen molar-refractivity contribution in [1.82, 2.24) is 0 Å². The number of hydrogen-bond acceptors (Lipinski definition) is 5. The average Bonchev–Trinajstić information content (AvgIpc) is 2.96. The first kappa shape index (κ1) is 24.6. The molecular formula is C26H34ClFO5. The summed E-state index contributed by atoms with van der Waals surface area (Å²) in [5, 5.41) is 11.5. The van der Waals surface area contributed by atoms with Gasteiger partial charge < -0.3 is 9.84 Å². The third kappa shape index (κ3) is 2.95. The Morgan fingerprint density at radius 3 is 2.58 bits per heavy atom. The molecule has 0 radical (unpaired) electrons. The van der Waals surface area contributed by atoms with E-state index in [4.69, 9.17) is 16.3 Å². The number of halogens is 2. The number of rotatable bonds is 4. The molecular weight excluding hydrogens is 447 g/mol. The molecule has 5 unspecified atom stereocenters. The fourth-order valence-corrected chi connectivity index (χ4v) is 7.97. The molecule has 4 aliphatic rings. The number of fused-ring (bicyclic) bond motifs is 5. The highest BCUT2D eigenvalue weighted by atomic mass is 35.5. The number of allylic oxidation sites excluding steroid dienone is 4. The Balaban J connectivity index is 1.85. The van der Waals surface area contributed by atoms with Gasteiger partial charge in [-0.25, -0.2) is 4.39 Å². The van der Waals surface area contributed by atoms with Gasteiger partial charge in [0.05, 0.1) is 17.9 Å². The Kier molecular flexibility index (Phi) is 5.77. The normalized spacial score (nSPS) is 46.3. The first-order valence-corrected chi connectivity index (χ1v) is 12.5. The summed E-state index contributed by atoms with van der Waals surface area (Å²) in [7, 11) is 0. The van der Waals surface area contributed by atoms with Gasteiger partial charge in [0.2, 0.25) is 0 Å². The highest BCUT2D eigenvalue weighted by Gasteiger charge is 2.77. The van der Waals surface area contributed by atoms with Gasteiger partial charge in [-0.3, -0.25) is 14.4 Å². The van der Waals surface area contributed by atoms with Gasteiger partial charge in [0.15, 0.2) is 22.8 Å². The van der Waals surface area contributed by atoms with Crippen LogP contribution in [-0.4, -0.2) is 45.9 Å². The Morgan fingerprint density at radius 2 is 1.97 bits per heavy atom. The number of aliphatic hydroxyl groups is 1. The van der Waals surface area contributed by atoms with Gasteiger partial charge >= 0.3 is 5.97 Å². The molecule has 182 valence electrons. The maximum atomic E-state index is 17.2. The van der Waals surface area contributed by atoms with E-state index >= 15 is 4.39 Å². The van der Waals surface area contributed by atoms with Crippen molar-refractivity contribution in [3.63, 3.8) is 0 Å². The number of aliphatic hydroxyl groups excluding tert-OH is 1. The van der Waals surface area contributed by atoms with Gasteiger partial charge in [-0.05, 0) is 50.7 Å². The molecule has 0 spiro atoms. The highest BCUT2D eigenvalue weighted by Crippen LogP contribution is 2.71. The van der Waals surface area contributed by atoms with Crippen molar-refractivity contribution in [2.75, 3.05) is 5.88 Å². The molecule has 0 bridgehead atoms. The molecule has 33 heavy (non-hydrogen) atoms. The fourth-order valence-electron chi connectivity index (χ4n) is 7.77. The van der Waals surface area contributed by atoms with Crippen molar-refractivity contribution >= 4 is 29.1 Å². The van der Waals surface area contributed by atoms with E-state index in [1.165, 1.54) is 12.2 Å². The fraction of sp³-hybridized carbons (Fsp3) is 0.731. The molecule has 3 fully saturated rings. The van der Waals surface area contributed by atoms with Crippen molar-refractivity contribution < 1.29 is 28.6 Å². The Hall–Kier alpha value is -1.53. The average molecular weight is 481 g/mol. The van der Waals surface area contributed by atoms with Gasteiger partial charge in [-0.1, -0.05) is 39.3 Å². The van der Waals surface area contributed by atoms with Crippen LogP contribution in [0.1, 0.15) is 60.3 Å². The molecule has 7 heteroatoms. The number of carbonyl (C=O) groups excluding carboxylic acids is 3. The van der Waals surface area contributed by atoms with Crippen LogP contribution >= 0.6 is 11.6 Å². The van der Waals surface area contributed by atoms with E-state index < -0.39 is 46.0 Å². The summed E-state index contributed by atoms with van der Waals surface area (Å²) in [5.41, 5.74) is -4.88. The standard InChI is InChI=1S/C26H34ClFO5/c1-14(2)22(32)33-26(21(31)13-27)15(3)10-19-18-7-6-16-11-17(29)8-9-23(16,4)25(18,28)20(30)12-24(19,26)5/h8-9,11,14-15,18-20,30H,6-7,10,12-13H2,1-5H3/t15-,18?,19?,20-,23?,24?,25+,26?/m0/s1. The number of Topliss-reactive ketones (excluding diaryl/α,β-unsaturated/α-hetero) is 1. The van der Waals surface area contributed by atoms with Crippen LogP contribution in [0, 0.1) is 34.5 Å². The van der Waals surface area contributed by atoms with Gasteiger partial charge in [0.1, 0.15) is 0 Å². The number of alkyl halides is 2. The van der Waals surface area contributed by atoms with Gasteiger partial charge in [-0.2, -0.15) is 0 Å². The third-order valence-electron chi connectivity index (χ3n) is 9.45. The molecule has 0 aromatic heterocycles. The minimum absolute atomic E-state index is 0.0341. The minimum Gasteiger partial charge on any atom is -0.450 e. The molecule has 0 amide bonds. The van der Waals surface area contributed by atoms with E-state index in [0.717, 1.165) is 0 Å². The number of esters is 1. The second-order valence-electron chi connectivity index (χ2n) is 11.3. The number of carbonyl (C=O) groups is 3. The van der Waals surface area contributed by atoms with Crippen molar-refractivity contribution in [2.24, 2.45) is 34.5 Å². The van der Waals surface area contributed by atoms with Crippen LogP contribution in [0.4, 0.5) is 4.39 Å². The Morgan fingerprint density at radius 1 is 1.30 bits per heavy atom. The molecule has 5 nitrogen and oxygen atoms in total. The summed E-state index contributed by atoms with van der Waals surface area (Å²) in [4.78, 5) is 38.2. The zero-order valence-electron chi connectivity index (χ0n) is 20.0. The SMILES string of the molecule is CC(C)C(=O)OC1(C(=O)CCl)[C@@H](C)CC2C3CCC4=CC(=O)C=CC4(C)[C@]3(F)[C@@H](O)CC21C. The van der Waals surface area contributed by atoms with E-state index in [2.05, 4.69) is 0 Å². The second kappa shape index (κ2) is 7.74. The first-order valence-electron chi connectivity index (χ1n) is 11.9. The second-order valence-corrected chi connectivity index (χ2v) is 11.5. The maximum absolute atomic E-state index is 17.2. The lowest BCUT2D eigenvalue weighted by Crippen LogP contribution is -2.70. The molecule has 1 N–H and O–H groups in total. The van der Waals surface area contributed by atoms with Crippen LogP contribution in [0.2, 0.25) is 0 Å². The highest BCUT2D eigenvalue weighted by molar-refractivity contribution is 6.29. The van der Waals surface area contributed by atoms with Crippen molar-refractivity contribution in [3.8, 4) is 0 Å². The topological polar surface area (TPSA) is 80.7 Å². The quantitative estimate of drug-likeness (QED) is 0.478. The predicted octanol–water partition coefficient (Wildman–Crippen LogP) is 4.35. The number of hydrogen-bond donors (Lipinski definition) is 1. The van der Waals surface area contributed by atoms with Crippen molar-refractivity contribution in [1.29, 1.82) is 0 Å². The molecule has 0 aromatic carbocycles. The van der Waals surface area contributed by atoms with Crippen molar-refractivity contribution in [2.45, 2.75) is 77.7 Å². The zero-order chi connectivity index (χ0) is 24.6. The van der Waals surface area contributed by atoms with Crippen LogP contribution in [0.5, 0.6) is 0 Å². The van der Waals surface area contributed by atoms with Gasteiger partial charge in [-0.15, -0.1) is 11.6 Å². The van der Waals surface area contributed by atoms with E-state index in [1.807, 2.05) is 13.8 Å². The van der Waals surface area contributed by atoms with Crippen molar-refractivity contribution in [3.05, 3.63) is 23.8 Å². The number of ether oxygens (including phenoxy) is 1. The molecule has 0 aromatic rings. The van der Waals surface area contributed by atoms with Crippen LogP contribution in [0.15, 0.2) is 23.8 Å². The van der Waals surface area contributed by atoms with E-state index in [1.54, 1.807) is 26.8 Å². The largest absolute Gasteiger partial charge is 0.450 e. The lowest BCUT2D eigenvalue weighted by molar-refractivity contribution is -0.228. The third-order valence-corrected chi connectivity index (χ3v) is 9.69. The van der Waals surface area contributed by atoms with Gasteiger partial charge in [0.25, 0.3) is 0 Å². The monoisotopic (exact) mass is 480 g/mol. The molecule has 4 rings (SSSR count). The Labute approximate surface area is 199 Å². The lowest BCUT2D eigenvalue weighted by Gasteiger charge is -2.62. The molecule has 0 saturated heterocycles. The first-order chi connectivity index (χ1) is 15.3. The zero-order valence-corrected chi connectivity index (χ0v) is 20.7. The van der Waals surface area contributed by atoms with Crippen LogP contribution in [0.3, 0.4) is 0 Å². The van der Waals surface area contributed by atoms with E-state index in [0.29, 0.717) is 24.8 Å². The molecule has 0 heterocycles.